The first-order valence-electron chi connectivity index (χ1n) is 13.9. The lowest BCUT2D eigenvalue weighted by atomic mass is 9.98. The molecule has 0 N–H and O–H groups in total. The molecule has 0 spiro atoms. The van der Waals surface area contributed by atoms with Gasteiger partial charge in [0.2, 0.25) is 0 Å². The third-order valence-electron chi connectivity index (χ3n) is 7.24. The van der Waals surface area contributed by atoms with Crippen LogP contribution < -0.4 is 15.0 Å². The van der Waals surface area contributed by atoms with Crippen LogP contribution in [0.1, 0.15) is 36.2 Å². The third-order valence-corrected chi connectivity index (χ3v) is 9.27. The molecule has 4 aromatic rings. The largest absolute Gasteiger partial charge is 0.497 e. The van der Waals surface area contributed by atoms with E-state index in [1.165, 1.54) is 40.7 Å². The molecule has 0 fully saturated rings. The fourth-order valence-electron chi connectivity index (χ4n) is 5.11. The molecule has 220 valence electrons. The molecule has 0 aliphatic carbocycles. The van der Waals surface area contributed by atoms with E-state index in [-0.39, 0.29) is 23.0 Å². The van der Waals surface area contributed by atoms with Crippen molar-refractivity contribution in [1.29, 1.82) is 0 Å². The number of halogens is 1. The first-order valence-corrected chi connectivity index (χ1v) is 15.9. The standard InChI is InChI=1S/C32H29FN4O4S2/c1-3-41-25-14-10-23(11-15-25)36-31(39)30-26(16-17-42-30)34-32(36)43-19-29(38)37-28(21-4-8-22(33)9-5-21)18-27(35-37)20-6-12-24(40-2)13-7-20/h4-15,28H,3,16-19H2,1-2H3. The minimum absolute atomic E-state index is 0.00643. The van der Waals surface area contributed by atoms with E-state index in [1.54, 1.807) is 23.8 Å². The molecule has 43 heavy (non-hydrogen) atoms. The molecule has 1 unspecified atom stereocenters. The lowest BCUT2D eigenvalue weighted by molar-refractivity contribution is -0.130. The fraction of sp³-hybridized carbons (Fsp3) is 0.250. The zero-order valence-electron chi connectivity index (χ0n) is 23.7. The van der Waals surface area contributed by atoms with E-state index in [0.717, 1.165) is 34.0 Å². The van der Waals surface area contributed by atoms with Crippen LogP contribution in [0.25, 0.3) is 5.69 Å². The molecule has 0 bridgehead atoms. The van der Waals surface area contributed by atoms with Crippen LogP contribution in [0.3, 0.4) is 0 Å². The Morgan fingerprint density at radius 3 is 2.47 bits per heavy atom. The highest BCUT2D eigenvalue weighted by molar-refractivity contribution is 8.00. The highest BCUT2D eigenvalue weighted by atomic mass is 32.2. The summed E-state index contributed by atoms with van der Waals surface area (Å²) in [6.45, 7) is 2.45. The summed E-state index contributed by atoms with van der Waals surface area (Å²) in [5.41, 5.74) is 3.67. The molecular formula is C32H29FN4O4S2. The maximum atomic E-state index is 13.8. The zero-order valence-corrected chi connectivity index (χ0v) is 25.3. The molecule has 0 saturated carbocycles. The minimum atomic E-state index is -0.400. The van der Waals surface area contributed by atoms with Crippen molar-refractivity contribution < 1.29 is 18.7 Å². The molecule has 3 heterocycles. The molecule has 2 aliphatic rings. The Bertz CT molecular complexity index is 1720. The van der Waals surface area contributed by atoms with Gasteiger partial charge in [-0.2, -0.15) is 5.10 Å². The van der Waals surface area contributed by atoms with Crippen LogP contribution in [0.15, 0.2) is 92.7 Å². The van der Waals surface area contributed by atoms with Crippen molar-refractivity contribution in [1.82, 2.24) is 14.6 Å². The van der Waals surface area contributed by atoms with Gasteiger partial charge in [0.15, 0.2) is 5.16 Å². The number of rotatable bonds is 9. The van der Waals surface area contributed by atoms with Crippen molar-refractivity contribution in [2.24, 2.45) is 5.10 Å². The molecule has 0 radical (unpaired) electrons. The molecule has 6 rings (SSSR count). The number of aromatic nitrogens is 2. The van der Waals surface area contributed by atoms with Crippen molar-refractivity contribution in [3.63, 3.8) is 0 Å². The van der Waals surface area contributed by atoms with Crippen LogP contribution in [0, 0.1) is 5.82 Å². The van der Waals surface area contributed by atoms with E-state index in [9.17, 15) is 14.0 Å². The summed E-state index contributed by atoms with van der Waals surface area (Å²) in [6.07, 6.45) is 1.18. The Morgan fingerprint density at radius 1 is 1.05 bits per heavy atom. The van der Waals surface area contributed by atoms with Crippen LogP contribution in [0.5, 0.6) is 11.5 Å². The average Bonchev–Trinajstić information content (AvgIpc) is 3.69. The lowest BCUT2D eigenvalue weighted by Gasteiger charge is -2.22. The van der Waals surface area contributed by atoms with Gasteiger partial charge in [-0.15, -0.1) is 11.8 Å². The summed E-state index contributed by atoms with van der Waals surface area (Å²) in [4.78, 5) is 32.9. The molecule has 1 atom stereocenters. The van der Waals surface area contributed by atoms with Crippen molar-refractivity contribution in [2.75, 3.05) is 25.2 Å². The van der Waals surface area contributed by atoms with Gasteiger partial charge in [-0.25, -0.2) is 14.4 Å². The molecule has 2 aliphatic heterocycles. The molecule has 0 saturated heterocycles. The number of benzene rings is 3. The van der Waals surface area contributed by atoms with Crippen LogP contribution in [0.4, 0.5) is 4.39 Å². The molecule has 1 aromatic heterocycles. The first kappa shape index (κ1) is 29.0. The number of thioether (sulfide) groups is 2. The second-order valence-corrected chi connectivity index (χ2v) is 12.0. The quantitative estimate of drug-likeness (QED) is 0.171. The highest BCUT2D eigenvalue weighted by Crippen LogP contribution is 2.35. The molecule has 8 nitrogen and oxygen atoms in total. The summed E-state index contributed by atoms with van der Waals surface area (Å²) in [7, 11) is 1.61. The number of hydrazone groups is 1. The van der Waals surface area contributed by atoms with Crippen LogP contribution in [-0.2, 0) is 11.2 Å². The maximum absolute atomic E-state index is 13.8. The monoisotopic (exact) mass is 616 g/mol. The Balaban J connectivity index is 1.30. The summed E-state index contributed by atoms with van der Waals surface area (Å²) < 4.78 is 26.2. The first-order chi connectivity index (χ1) is 20.9. The number of carbonyl (C=O) groups is 1. The number of carbonyl (C=O) groups excluding carboxylic acids is 1. The van der Waals surface area contributed by atoms with Crippen LogP contribution in [0.2, 0.25) is 0 Å². The molecule has 1 amide bonds. The zero-order chi connectivity index (χ0) is 29.9. The van der Waals surface area contributed by atoms with Crippen molar-refractivity contribution in [3.05, 3.63) is 106 Å². The fourth-order valence-corrected chi connectivity index (χ4v) is 7.02. The number of hydrogen-bond donors (Lipinski definition) is 0. The number of ether oxygens (including phenoxy) is 2. The summed E-state index contributed by atoms with van der Waals surface area (Å²) >= 11 is 2.72. The van der Waals surface area contributed by atoms with Gasteiger partial charge in [0.25, 0.3) is 11.5 Å². The number of fused-ring (bicyclic) bond motifs is 1. The third kappa shape index (κ3) is 6.05. The smallest absolute Gasteiger partial charge is 0.272 e. The maximum Gasteiger partial charge on any atom is 0.272 e. The Labute approximate surface area is 256 Å². The van der Waals surface area contributed by atoms with Crippen LogP contribution in [-0.4, -0.2) is 51.4 Å². The SMILES string of the molecule is CCOc1ccc(-n2c(SCC(=O)N3N=C(c4ccc(OC)cc4)CC3c3ccc(F)cc3)nc3c(c2=O)SCC3)cc1. The molecule has 3 aromatic carbocycles. The summed E-state index contributed by atoms with van der Waals surface area (Å²) in [5.74, 6) is 1.64. The van der Waals surface area contributed by atoms with Gasteiger partial charge in [-0.05, 0) is 78.7 Å². The van der Waals surface area contributed by atoms with Gasteiger partial charge in [0.1, 0.15) is 17.3 Å². The molecule has 11 heteroatoms. The van der Waals surface area contributed by atoms with E-state index >= 15 is 0 Å². The summed E-state index contributed by atoms with van der Waals surface area (Å²) in [6, 6.07) is 20.5. The predicted octanol–water partition coefficient (Wildman–Crippen LogP) is 5.90. The minimum Gasteiger partial charge on any atom is -0.497 e. The predicted molar refractivity (Wildman–Crippen MR) is 166 cm³/mol. The second kappa shape index (κ2) is 12.6. The van der Waals surface area contributed by atoms with Gasteiger partial charge in [0.05, 0.1) is 47.5 Å². The average molecular weight is 617 g/mol. The Kier molecular flexibility index (Phi) is 8.53. The second-order valence-electron chi connectivity index (χ2n) is 9.91. The van der Waals surface area contributed by atoms with E-state index in [1.807, 2.05) is 55.5 Å². The van der Waals surface area contributed by atoms with Gasteiger partial charge in [0, 0.05) is 18.6 Å². The Morgan fingerprint density at radius 2 is 1.77 bits per heavy atom. The number of aryl methyl sites for hydroxylation is 1. The van der Waals surface area contributed by atoms with E-state index in [4.69, 9.17) is 19.6 Å². The van der Waals surface area contributed by atoms with Gasteiger partial charge < -0.3 is 9.47 Å². The number of methoxy groups -OCH3 is 1. The lowest BCUT2D eigenvalue weighted by Crippen LogP contribution is -2.29. The van der Waals surface area contributed by atoms with E-state index < -0.39 is 6.04 Å². The topological polar surface area (TPSA) is 86.0 Å². The normalized spacial score (nSPS) is 15.7. The van der Waals surface area contributed by atoms with E-state index in [0.29, 0.717) is 40.9 Å². The van der Waals surface area contributed by atoms with Crippen molar-refractivity contribution >= 4 is 35.1 Å². The number of nitrogens with zero attached hydrogens (tertiary/aromatic N) is 4. The summed E-state index contributed by atoms with van der Waals surface area (Å²) in [5, 5.41) is 6.66. The van der Waals surface area contributed by atoms with Gasteiger partial charge in [-0.1, -0.05) is 23.9 Å². The van der Waals surface area contributed by atoms with Crippen molar-refractivity contribution in [3.8, 4) is 17.2 Å². The Hall–Kier alpha value is -4.09. The van der Waals surface area contributed by atoms with E-state index in [2.05, 4.69) is 0 Å². The number of amides is 1. The van der Waals surface area contributed by atoms with Crippen molar-refractivity contribution in [2.45, 2.75) is 35.9 Å². The van der Waals surface area contributed by atoms with Crippen LogP contribution >= 0.6 is 23.5 Å². The number of hydrogen-bond acceptors (Lipinski definition) is 8. The molecular weight excluding hydrogens is 588 g/mol. The van der Waals surface area contributed by atoms with Gasteiger partial charge in [-0.3, -0.25) is 14.2 Å². The highest BCUT2D eigenvalue weighted by Gasteiger charge is 2.33. The van der Waals surface area contributed by atoms with Gasteiger partial charge >= 0.3 is 0 Å².